The van der Waals surface area contributed by atoms with E-state index in [1.807, 2.05) is 44.2 Å². The largest absolute Gasteiger partial charge is 0.382 e. The molecule has 1 amide bonds. The van der Waals surface area contributed by atoms with Gasteiger partial charge >= 0.3 is 0 Å². The highest BCUT2D eigenvalue weighted by Crippen LogP contribution is 2.05. The lowest BCUT2D eigenvalue weighted by molar-refractivity contribution is -0.121. The number of rotatable bonds is 6. The van der Waals surface area contributed by atoms with E-state index in [0.29, 0.717) is 6.61 Å². The summed E-state index contributed by atoms with van der Waals surface area (Å²) in [7, 11) is 1.62. The van der Waals surface area contributed by atoms with Crippen molar-refractivity contribution in [2.75, 3.05) is 25.6 Å². The number of amides is 1. The molecule has 0 heterocycles. The van der Waals surface area contributed by atoms with E-state index in [1.165, 1.54) is 0 Å². The molecule has 1 aromatic rings. The van der Waals surface area contributed by atoms with Crippen molar-refractivity contribution in [2.24, 2.45) is 0 Å². The molecule has 0 radical (unpaired) electrons. The van der Waals surface area contributed by atoms with Crippen molar-refractivity contribution in [3.63, 3.8) is 0 Å². The lowest BCUT2D eigenvalue weighted by Gasteiger charge is -2.25. The van der Waals surface area contributed by atoms with E-state index < -0.39 is 0 Å². The van der Waals surface area contributed by atoms with Gasteiger partial charge in [0.1, 0.15) is 0 Å². The zero-order valence-corrected chi connectivity index (χ0v) is 11.8. The summed E-state index contributed by atoms with van der Waals surface area (Å²) in [5.74, 6) is -0.0455. The van der Waals surface area contributed by atoms with E-state index in [-0.39, 0.29) is 30.4 Å². The van der Waals surface area contributed by atoms with Crippen LogP contribution in [0, 0.1) is 0 Å². The molecule has 0 aromatic heterocycles. The molecular formula is C13H21ClN2O2. The van der Waals surface area contributed by atoms with Gasteiger partial charge in [0.15, 0.2) is 0 Å². The minimum Gasteiger partial charge on any atom is -0.382 e. The smallest absolute Gasteiger partial charge is 0.239 e. The van der Waals surface area contributed by atoms with Crippen molar-refractivity contribution >= 4 is 24.0 Å². The monoisotopic (exact) mass is 272 g/mol. The molecule has 2 N–H and O–H groups in total. The number of hydrogen-bond acceptors (Lipinski definition) is 3. The Morgan fingerprint density at radius 1 is 1.28 bits per heavy atom. The van der Waals surface area contributed by atoms with E-state index in [0.717, 1.165) is 5.69 Å². The highest BCUT2D eigenvalue weighted by Gasteiger charge is 2.19. The molecule has 0 atom stereocenters. The van der Waals surface area contributed by atoms with Gasteiger partial charge in [-0.05, 0) is 26.0 Å². The van der Waals surface area contributed by atoms with Crippen molar-refractivity contribution in [2.45, 2.75) is 19.4 Å². The van der Waals surface area contributed by atoms with Crippen LogP contribution in [0.25, 0.3) is 0 Å². The van der Waals surface area contributed by atoms with Gasteiger partial charge in [-0.25, -0.2) is 0 Å². The number of benzene rings is 1. The molecule has 0 saturated heterocycles. The molecule has 0 aliphatic rings. The Morgan fingerprint density at radius 3 is 2.44 bits per heavy atom. The minimum absolute atomic E-state index is 0. The standard InChI is InChI=1S/C13H20N2O2.ClH/c1-13(2,10-17-3)15-12(16)9-14-11-7-5-4-6-8-11;/h4-8,14H,9-10H2,1-3H3,(H,15,16);1H. The van der Waals surface area contributed by atoms with Gasteiger partial charge in [0.25, 0.3) is 0 Å². The minimum atomic E-state index is -0.343. The molecule has 1 aromatic carbocycles. The topological polar surface area (TPSA) is 50.4 Å². The van der Waals surface area contributed by atoms with Gasteiger partial charge in [-0.2, -0.15) is 0 Å². The number of methoxy groups -OCH3 is 1. The molecule has 4 nitrogen and oxygen atoms in total. The summed E-state index contributed by atoms with van der Waals surface area (Å²) in [6, 6.07) is 9.64. The van der Waals surface area contributed by atoms with Crippen LogP contribution in [-0.2, 0) is 9.53 Å². The first kappa shape index (κ1) is 16.7. The quantitative estimate of drug-likeness (QED) is 0.833. The number of carbonyl (C=O) groups excluding carboxylic acids is 1. The SMILES string of the molecule is COCC(C)(C)NC(=O)CNc1ccccc1.Cl. The average molecular weight is 273 g/mol. The lowest BCUT2D eigenvalue weighted by Crippen LogP contribution is -2.48. The maximum atomic E-state index is 11.7. The fraction of sp³-hybridized carbons (Fsp3) is 0.462. The molecule has 0 spiro atoms. The van der Waals surface area contributed by atoms with Crippen molar-refractivity contribution < 1.29 is 9.53 Å². The van der Waals surface area contributed by atoms with Gasteiger partial charge in [-0.1, -0.05) is 18.2 Å². The predicted octanol–water partition coefficient (Wildman–Crippen LogP) is 2.06. The maximum Gasteiger partial charge on any atom is 0.239 e. The summed E-state index contributed by atoms with van der Waals surface area (Å²) < 4.78 is 5.04. The number of ether oxygens (including phenoxy) is 1. The van der Waals surface area contributed by atoms with Gasteiger partial charge in [-0.15, -0.1) is 12.4 Å². The molecule has 0 fully saturated rings. The molecule has 18 heavy (non-hydrogen) atoms. The first-order chi connectivity index (χ1) is 8.03. The van der Waals surface area contributed by atoms with Crippen molar-refractivity contribution in [1.82, 2.24) is 5.32 Å². The summed E-state index contributed by atoms with van der Waals surface area (Å²) in [5, 5.41) is 5.96. The highest BCUT2D eigenvalue weighted by atomic mass is 35.5. The van der Waals surface area contributed by atoms with E-state index >= 15 is 0 Å². The number of anilines is 1. The Morgan fingerprint density at radius 2 is 1.89 bits per heavy atom. The van der Waals surface area contributed by atoms with Gasteiger partial charge in [0.05, 0.1) is 18.7 Å². The number of halogens is 1. The van der Waals surface area contributed by atoms with Crippen LogP contribution < -0.4 is 10.6 Å². The molecule has 5 heteroatoms. The Labute approximate surface area is 115 Å². The first-order valence-corrected chi connectivity index (χ1v) is 5.62. The van der Waals surface area contributed by atoms with Crippen LogP contribution in [0.2, 0.25) is 0 Å². The third-order valence-corrected chi connectivity index (χ3v) is 2.21. The molecule has 0 saturated carbocycles. The maximum absolute atomic E-state index is 11.7. The summed E-state index contributed by atoms with van der Waals surface area (Å²) in [6.45, 7) is 4.61. The number of nitrogens with one attached hydrogen (secondary N) is 2. The molecule has 0 unspecified atom stereocenters. The van der Waals surface area contributed by atoms with E-state index in [4.69, 9.17) is 4.74 Å². The second kappa shape index (κ2) is 7.95. The van der Waals surface area contributed by atoms with Crippen LogP contribution in [0.3, 0.4) is 0 Å². The average Bonchev–Trinajstić information content (AvgIpc) is 2.27. The Bertz CT molecular complexity index is 355. The Hall–Kier alpha value is -1.26. The fourth-order valence-electron chi connectivity index (χ4n) is 1.56. The normalized spacial score (nSPS) is 10.4. The first-order valence-electron chi connectivity index (χ1n) is 5.62. The molecule has 1 rings (SSSR count). The molecular weight excluding hydrogens is 252 g/mol. The zero-order chi connectivity index (χ0) is 12.7. The lowest BCUT2D eigenvalue weighted by atomic mass is 10.1. The van der Waals surface area contributed by atoms with Crippen LogP contribution in [0.1, 0.15) is 13.8 Å². The predicted molar refractivity (Wildman–Crippen MR) is 76.3 cm³/mol. The van der Waals surface area contributed by atoms with E-state index in [2.05, 4.69) is 10.6 Å². The second-order valence-electron chi connectivity index (χ2n) is 4.58. The fourth-order valence-corrected chi connectivity index (χ4v) is 1.56. The third kappa shape index (κ3) is 6.47. The van der Waals surface area contributed by atoms with Gasteiger partial charge in [0, 0.05) is 12.8 Å². The van der Waals surface area contributed by atoms with Gasteiger partial charge in [0.2, 0.25) is 5.91 Å². The molecule has 0 aliphatic heterocycles. The third-order valence-electron chi connectivity index (χ3n) is 2.21. The van der Waals surface area contributed by atoms with Gasteiger partial charge in [-0.3, -0.25) is 4.79 Å². The Kier molecular flexibility index (Phi) is 7.39. The van der Waals surface area contributed by atoms with Crippen molar-refractivity contribution in [1.29, 1.82) is 0 Å². The van der Waals surface area contributed by atoms with E-state index in [1.54, 1.807) is 7.11 Å². The van der Waals surface area contributed by atoms with Gasteiger partial charge < -0.3 is 15.4 Å². The highest BCUT2D eigenvalue weighted by molar-refractivity contribution is 5.85. The number of carbonyl (C=O) groups is 1. The van der Waals surface area contributed by atoms with Crippen LogP contribution in [0.4, 0.5) is 5.69 Å². The zero-order valence-electron chi connectivity index (χ0n) is 11.0. The van der Waals surface area contributed by atoms with Crippen LogP contribution in [-0.4, -0.2) is 31.7 Å². The molecule has 0 aliphatic carbocycles. The van der Waals surface area contributed by atoms with Crippen LogP contribution >= 0.6 is 12.4 Å². The Balaban J connectivity index is 0.00000289. The van der Waals surface area contributed by atoms with Crippen molar-refractivity contribution in [3.05, 3.63) is 30.3 Å². The van der Waals surface area contributed by atoms with E-state index in [9.17, 15) is 4.79 Å². The summed E-state index contributed by atoms with van der Waals surface area (Å²) in [5.41, 5.74) is 0.594. The number of para-hydroxylation sites is 1. The summed E-state index contributed by atoms with van der Waals surface area (Å²) in [4.78, 5) is 11.7. The summed E-state index contributed by atoms with van der Waals surface area (Å²) in [6.07, 6.45) is 0. The molecule has 0 bridgehead atoms. The van der Waals surface area contributed by atoms with Crippen LogP contribution in [0.5, 0.6) is 0 Å². The number of hydrogen-bond donors (Lipinski definition) is 2. The van der Waals surface area contributed by atoms with Crippen molar-refractivity contribution in [3.8, 4) is 0 Å². The van der Waals surface area contributed by atoms with Crippen LogP contribution in [0.15, 0.2) is 30.3 Å². The summed E-state index contributed by atoms with van der Waals surface area (Å²) >= 11 is 0. The molecule has 102 valence electrons. The second-order valence-corrected chi connectivity index (χ2v) is 4.58.